The van der Waals surface area contributed by atoms with E-state index in [4.69, 9.17) is 16.7 Å². The lowest BCUT2D eigenvalue weighted by atomic mass is 10.1. The number of carboxylic acids is 1. The Morgan fingerprint density at radius 2 is 2.19 bits per heavy atom. The molecule has 21 heavy (non-hydrogen) atoms. The van der Waals surface area contributed by atoms with E-state index in [-0.39, 0.29) is 17.6 Å². The molecule has 1 aliphatic heterocycles. The van der Waals surface area contributed by atoms with Crippen LogP contribution in [0.1, 0.15) is 23.2 Å². The molecule has 0 bridgehead atoms. The summed E-state index contributed by atoms with van der Waals surface area (Å²) in [5.41, 5.74) is 0.366. The van der Waals surface area contributed by atoms with E-state index in [1.165, 1.54) is 18.2 Å². The molecular formula is C14H18ClN3O3. The van der Waals surface area contributed by atoms with Gasteiger partial charge in [0.1, 0.15) is 0 Å². The summed E-state index contributed by atoms with van der Waals surface area (Å²) in [6.45, 7) is 1.84. The first-order valence-corrected chi connectivity index (χ1v) is 7.12. The first-order chi connectivity index (χ1) is 9.95. The SMILES string of the molecule is CN1CCCC(NC(=O)Nc2cc(C(=O)O)ccc2Cl)C1. The van der Waals surface area contributed by atoms with Crippen LogP contribution in [0.4, 0.5) is 10.5 Å². The molecule has 0 saturated carbocycles. The monoisotopic (exact) mass is 311 g/mol. The van der Waals surface area contributed by atoms with Gasteiger partial charge < -0.3 is 20.6 Å². The number of urea groups is 1. The molecule has 1 aliphatic rings. The molecule has 0 aromatic heterocycles. The van der Waals surface area contributed by atoms with Gasteiger partial charge in [0.05, 0.1) is 16.3 Å². The molecule has 3 N–H and O–H groups in total. The molecule has 1 saturated heterocycles. The van der Waals surface area contributed by atoms with E-state index >= 15 is 0 Å². The zero-order chi connectivity index (χ0) is 15.4. The van der Waals surface area contributed by atoms with Crippen LogP contribution < -0.4 is 10.6 Å². The molecule has 2 rings (SSSR count). The molecule has 1 aromatic carbocycles. The summed E-state index contributed by atoms with van der Waals surface area (Å²) in [4.78, 5) is 25.1. The van der Waals surface area contributed by atoms with Crippen molar-refractivity contribution in [2.45, 2.75) is 18.9 Å². The van der Waals surface area contributed by atoms with E-state index in [0.29, 0.717) is 10.7 Å². The Hall–Kier alpha value is -1.79. The predicted molar refractivity (Wildman–Crippen MR) is 81.1 cm³/mol. The van der Waals surface area contributed by atoms with E-state index in [0.717, 1.165) is 25.9 Å². The van der Waals surface area contributed by atoms with Crippen LogP contribution in [0.2, 0.25) is 5.02 Å². The molecule has 7 heteroatoms. The number of anilines is 1. The maximum atomic E-state index is 12.0. The van der Waals surface area contributed by atoms with E-state index < -0.39 is 5.97 Å². The lowest BCUT2D eigenvalue weighted by molar-refractivity contribution is 0.0697. The zero-order valence-corrected chi connectivity index (χ0v) is 12.5. The number of nitrogens with zero attached hydrogens (tertiary/aromatic N) is 1. The van der Waals surface area contributed by atoms with Crippen LogP contribution in [0, 0.1) is 0 Å². The Morgan fingerprint density at radius 3 is 2.86 bits per heavy atom. The van der Waals surface area contributed by atoms with Gasteiger partial charge in [-0.25, -0.2) is 9.59 Å². The average molecular weight is 312 g/mol. The number of likely N-dealkylation sites (tertiary alicyclic amines) is 1. The number of carboxylic acid groups (broad SMARTS) is 1. The van der Waals surface area contributed by atoms with Gasteiger partial charge in [0.25, 0.3) is 0 Å². The summed E-state index contributed by atoms with van der Waals surface area (Å²) < 4.78 is 0. The van der Waals surface area contributed by atoms with Crippen LogP contribution >= 0.6 is 11.6 Å². The number of piperidine rings is 1. The minimum atomic E-state index is -1.07. The Kier molecular flexibility index (Phi) is 5.03. The number of halogens is 1. The van der Waals surface area contributed by atoms with Crippen molar-refractivity contribution >= 4 is 29.3 Å². The number of carbonyl (C=O) groups is 2. The Balaban J connectivity index is 1.99. The van der Waals surface area contributed by atoms with Crippen molar-refractivity contribution in [3.05, 3.63) is 28.8 Å². The summed E-state index contributed by atoms with van der Waals surface area (Å²) in [6, 6.07) is 3.90. The molecule has 1 fully saturated rings. The maximum absolute atomic E-state index is 12.0. The first-order valence-electron chi connectivity index (χ1n) is 6.74. The Bertz CT molecular complexity index is 550. The molecule has 0 radical (unpaired) electrons. The molecule has 1 atom stereocenters. The van der Waals surface area contributed by atoms with Gasteiger partial charge in [-0.3, -0.25) is 0 Å². The quantitative estimate of drug-likeness (QED) is 0.799. The number of hydrogen-bond donors (Lipinski definition) is 3. The van der Waals surface area contributed by atoms with Crippen LogP contribution in [0.3, 0.4) is 0 Å². The van der Waals surface area contributed by atoms with Crippen LogP contribution in [-0.4, -0.2) is 48.2 Å². The third-order valence-corrected chi connectivity index (χ3v) is 3.75. The van der Waals surface area contributed by atoms with Gasteiger partial charge in [-0.1, -0.05) is 11.6 Å². The zero-order valence-electron chi connectivity index (χ0n) is 11.7. The third kappa shape index (κ3) is 4.34. The van der Waals surface area contributed by atoms with Gasteiger partial charge in [0, 0.05) is 12.6 Å². The second-order valence-corrected chi connectivity index (χ2v) is 5.61. The molecule has 2 amide bonds. The number of aromatic carboxylic acids is 1. The fourth-order valence-electron chi connectivity index (χ4n) is 2.38. The minimum Gasteiger partial charge on any atom is -0.478 e. The fourth-order valence-corrected chi connectivity index (χ4v) is 2.55. The second kappa shape index (κ2) is 6.78. The number of likely N-dealkylation sites (N-methyl/N-ethyl adjacent to an activating group) is 1. The number of carbonyl (C=O) groups excluding carboxylic acids is 1. The molecular weight excluding hydrogens is 294 g/mol. The lowest BCUT2D eigenvalue weighted by Crippen LogP contribution is -2.47. The summed E-state index contributed by atoms with van der Waals surface area (Å²) in [5, 5.41) is 14.7. The Labute approximate surface area is 128 Å². The fraction of sp³-hybridized carbons (Fsp3) is 0.429. The lowest BCUT2D eigenvalue weighted by Gasteiger charge is -2.30. The molecule has 114 valence electrons. The minimum absolute atomic E-state index is 0.0760. The van der Waals surface area contributed by atoms with Gasteiger partial charge in [-0.05, 0) is 44.6 Å². The summed E-state index contributed by atoms with van der Waals surface area (Å²) in [5.74, 6) is -1.07. The van der Waals surface area contributed by atoms with Crippen LogP contribution in [0.5, 0.6) is 0 Å². The van der Waals surface area contributed by atoms with Crippen molar-refractivity contribution < 1.29 is 14.7 Å². The summed E-state index contributed by atoms with van der Waals surface area (Å²) in [7, 11) is 2.01. The van der Waals surface area contributed by atoms with Gasteiger partial charge in [-0.15, -0.1) is 0 Å². The highest BCUT2D eigenvalue weighted by atomic mass is 35.5. The number of benzene rings is 1. The van der Waals surface area contributed by atoms with Crippen LogP contribution in [0.25, 0.3) is 0 Å². The smallest absolute Gasteiger partial charge is 0.335 e. The topological polar surface area (TPSA) is 81.7 Å². The molecule has 1 aromatic rings. The number of hydrogen-bond acceptors (Lipinski definition) is 3. The standard InChI is InChI=1S/C14H18ClN3O3/c1-18-6-2-3-10(8-18)16-14(21)17-12-7-9(13(19)20)4-5-11(12)15/h4-5,7,10H,2-3,6,8H2,1H3,(H,19,20)(H2,16,17,21). The van der Waals surface area contributed by atoms with Crippen molar-refractivity contribution in [2.75, 3.05) is 25.5 Å². The van der Waals surface area contributed by atoms with E-state index in [2.05, 4.69) is 15.5 Å². The normalized spacial score (nSPS) is 19.0. The van der Waals surface area contributed by atoms with Crippen molar-refractivity contribution in [3.63, 3.8) is 0 Å². The molecule has 0 spiro atoms. The van der Waals surface area contributed by atoms with E-state index in [1.54, 1.807) is 0 Å². The average Bonchev–Trinajstić information content (AvgIpc) is 2.41. The molecule has 1 unspecified atom stereocenters. The second-order valence-electron chi connectivity index (χ2n) is 5.20. The van der Waals surface area contributed by atoms with Gasteiger partial charge in [0.15, 0.2) is 0 Å². The van der Waals surface area contributed by atoms with Gasteiger partial charge in [-0.2, -0.15) is 0 Å². The molecule has 0 aliphatic carbocycles. The third-order valence-electron chi connectivity index (χ3n) is 3.42. The van der Waals surface area contributed by atoms with E-state index in [1.807, 2.05) is 7.05 Å². The summed E-state index contributed by atoms with van der Waals surface area (Å²) >= 11 is 5.97. The van der Waals surface area contributed by atoms with Crippen LogP contribution in [0.15, 0.2) is 18.2 Å². The predicted octanol–water partition coefficient (Wildman–Crippen LogP) is 2.25. The number of nitrogens with one attached hydrogen (secondary N) is 2. The highest BCUT2D eigenvalue weighted by Crippen LogP contribution is 2.23. The largest absolute Gasteiger partial charge is 0.478 e. The van der Waals surface area contributed by atoms with Crippen molar-refractivity contribution in [3.8, 4) is 0 Å². The molecule has 1 heterocycles. The Morgan fingerprint density at radius 1 is 1.43 bits per heavy atom. The van der Waals surface area contributed by atoms with Crippen molar-refractivity contribution in [1.29, 1.82) is 0 Å². The number of rotatable bonds is 3. The first kappa shape index (κ1) is 15.6. The van der Waals surface area contributed by atoms with Crippen LogP contribution in [-0.2, 0) is 0 Å². The van der Waals surface area contributed by atoms with Gasteiger partial charge in [0.2, 0.25) is 0 Å². The van der Waals surface area contributed by atoms with Crippen molar-refractivity contribution in [2.24, 2.45) is 0 Å². The van der Waals surface area contributed by atoms with Gasteiger partial charge >= 0.3 is 12.0 Å². The summed E-state index contributed by atoms with van der Waals surface area (Å²) in [6.07, 6.45) is 1.97. The number of amides is 2. The highest BCUT2D eigenvalue weighted by molar-refractivity contribution is 6.33. The highest BCUT2D eigenvalue weighted by Gasteiger charge is 2.19. The van der Waals surface area contributed by atoms with Crippen molar-refractivity contribution in [1.82, 2.24) is 10.2 Å². The maximum Gasteiger partial charge on any atom is 0.335 e. The van der Waals surface area contributed by atoms with E-state index in [9.17, 15) is 9.59 Å². The molecule has 6 nitrogen and oxygen atoms in total.